The molecule has 29 heavy (non-hydrogen) atoms. The largest absolute Gasteiger partial charge is 0.496 e. The number of ether oxygens (including phenoxy) is 3. The van der Waals surface area contributed by atoms with Crippen molar-refractivity contribution in [3.63, 3.8) is 0 Å². The van der Waals surface area contributed by atoms with E-state index in [4.69, 9.17) is 14.2 Å². The molecule has 1 aromatic rings. The predicted octanol–water partition coefficient (Wildman–Crippen LogP) is 2.59. The number of hydrogen-bond donors (Lipinski definition) is 0. The second-order valence-electron chi connectivity index (χ2n) is 8.50. The molecule has 3 aliphatic rings. The number of rotatable bonds is 5. The van der Waals surface area contributed by atoms with Crippen molar-refractivity contribution in [1.29, 1.82) is 0 Å². The zero-order valence-corrected chi connectivity index (χ0v) is 17.8. The molecule has 6 heteroatoms. The van der Waals surface area contributed by atoms with Crippen molar-refractivity contribution in [1.82, 2.24) is 9.80 Å². The lowest BCUT2D eigenvalue weighted by molar-refractivity contribution is -0.141. The van der Waals surface area contributed by atoms with Crippen LogP contribution < -0.4 is 4.74 Å². The molecule has 6 nitrogen and oxygen atoms in total. The highest BCUT2D eigenvalue weighted by atomic mass is 16.5. The van der Waals surface area contributed by atoms with E-state index in [9.17, 15) is 4.79 Å². The first-order valence-corrected chi connectivity index (χ1v) is 11.0. The van der Waals surface area contributed by atoms with E-state index in [0.717, 1.165) is 77.4 Å². The zero-order valence-electron chi connectivity index (χ0n) is 17.8. The van der Waals surface area contributed by atoms with Gasteiger partial charge in [0.2, 0.25) is 5.91 Å². The molecule has 0 aromatic heterocycles. The van der Waals surface area contributed by atoms with Crippen LogP contribution in [0.2, 0.25) is 0 Å². The molecule has 1 atom stereocenters. The summed E-state index contributed by atoms with van der Waals surface area (Å²) in [6.45, 7) is 8.02. The Hall–Kier alpha value is -1.63. The number of methoxy groups -OCH3 is 1. The number of morpholine rings is 1. The third-order valence-electron chi connectivity index (χ3n) is 6.91. The molecule has 3 aliphatic heterocycles. The smallest absolute Gasteiger partial charge is 0.222 e. The Bertz CT molecular complexity index is 695. The molecule has 0 bridgehead atoms. The molecule has 0 aliphatic carbocycles. The first-order valence-electron chi connectivity index (χ1n) is 11.0. The summed E-state index contributed by atoms with van der Waals surface area (Å²) in [5.41, 5.74) is 2.23. The number of amides is 1. The van der Waals surface area contributed by atoms with Crippen LogP contribution in [-0.4, -0.2) is 74.9 Å². The Balaban J connectivity index is 1.35. The van der Waals surface area contributed by atoms with E-state index >= 15 is 0 Å². The lowest BCUT2D eigenvalue weighted by Crippen LogP contribution is -2.49. The van der Waals surface area contributed by atoms with Crippen LogP contribution in [0.1, 0.15) is 43.7 Å². The van der Waals surface area contributed by atoms with Crippen LogP contribution in [0.5, 0.6) is 5.75 Å². The van der Waals surface area contributed by atoms with Gasteiger partial charge < -0.3 is 19.1 Å². The summed E-state index contributed by atoms with van der Waals surface area (Å²) in [6.07, 6.45) is 4.13. The van der Waals surface area contributed by atoms with Gasteiger partial charge in [-0.1, -0.05) is 12.1 Å². The van der Waals surface area contributed by atoms with E-state index < -0.39 is 0 Å². The van der Waals surface area contributed by atoms with Crippen molar-refractivity contribution in [2.75, 3.05) is 53.1 Å². The number of benzene rings is 1. The summed E-state index contributed by atoms with van der Waals surface area (Å²) in [4.78, 5) is 17.3. The minimum absolute atomic E-state index is 0.274. The van der Waals surface area contributed by atoms with Crippen molar-refractivity contribution < 1.29 is 19.0 Å². The fourth-order valence-corrected chi connectivity index (χ4v) is 5.10. The predicted molar refractivity (Wildman–Crippen MR) is 111 cm³/mol. The molecule has 3 heterocycles. The van der Waals surface area contributed by atoms with Gasteiger partial charge in [-0.2, -0.15) is 0 Å². The molecule has 160 valence electrons. The molecule has 1 spiro atoms. The number of piperidine rings is 1. The second kappa shape index (κ2) is 9.02. The van der Waals surface area contributed by atoms with Crippen molar-refractivity contribution in [3.05, 3.63) is 29.3 Å². The van der Waals surface area contributed by atoms with E-state index in [0.29, 0.717) is 12.5 Å². The average molecular weight is 403 g/mol. The number of carbonyl (C=O) groups is 1. The molecule has 2 fully saturated rings. The first kappa shape index (κ1) is 20.6. The van der Waals surface area contributed by atoms with Gasteiger partial charge in [0.1, 0.15) is 11.4 Å². The van der Waals surface area contributed by atoms with Crippen molar-refractivity contribution in [2.45, 2.75) is 50.7 Å². The van der Waals surface area contributed by atoms with Gasteiger partial charge in [-0.25, -0.2) is 0 Å². The molecule has 1 amide bonds. The van der Waals surface area contributed by atoms with Crippen molar-refractivity contribution >= 4 is 5.91 Å². The highest BCUT2D eigenvalue weighted by molar-refractivity contribution is 5.76. The van der Waals surface area contributed by atoms with E-state index in [1.165, 1.54) is 11.1 Å². The van der Waals surface area contributed by atoms with Gasteiger partial charge in [0, 0.05) is 44.2 Å². The number of hydrogen-bond acceptors (Lipinski definition) is 5. The molecular formula is C23H34N2O4. The number of likely N-dealkylation sites (tertiary alicyclic amines) is 1. The van der Waals surface area contributed by atoms with Gasteiger partial charge in [0.25, 0.3) is 0 Å². The molecular weight excluding hydrogens is 368 g/mol. The van der Waals surface area contributed by atoms with E-state index in [-0.39, 0.29) is 11.5 Å². The minimum Gasteiger partial charge on any atom is -0.496 e. The highest BCUT2D eigenvalue weighted by Crippen LogP contribution is 2.45. The van der Waals surface area contributed by atoms with Gasteiger partial charge in [-0.15, -0.1) is 0 Å². The van der Waals surface area contributed by atoms with Crippen LogP contribution in [-0.2, 0) is 26.3 Å². The third kappa shape index (κ3) is 4.30. The lowest BCUT2D eigenvalue weighted by atomic mass is 9.78. The van der Waals surface area contributed by atoms with E-state index in [2.05, 4.69) is 24.0 Å². The van der Waals surface area contributed by atoms with Crippen LogP contribution >= 0.6 is 0 Å². The molecule has 0 radical (unpaired) electrons. The van der Waals surface area contributed by atoms with E-state index in [1.54, 1.807) is 7.11 Å². The molecule has 4 rings (SSSR count). The zero-order chi connectivity index (χ0) is 20.3. The maximum atomic E-state index is 12.8. The number of carbonyl (C=O) groups excluding carboxylic acids is 1. The standard InChI is InChI=1S/C23H34N2O4/c1-18(24-13-16-28-17-14-24)6-7-21(26)25-11-9-23(10-12-25)22-19(8-15-29-23)4-3-5-20(22)27-2/h3-5,18H,6-17H2,1-2H3. The molecule has 2 saturated heterocycles. The summed E-state index contributed by atoms with van der Waals surface area (Å²) in [6, 6.07) is 6.70. The van der Waals surface area contributed by atoms with Crippen LogP contribution in [0.25, 0.3) is 0 Å². The Kier molecular flexibility index (Phi) is 6.42. The fraction of sp³-hybridized carbons (Fsp3) is 0.696. The highest BCUT2D eigenvalue weighted by Gasteiger charge is 2.43. The van der Waals surface area contributed by atoms with E-state index in [1.807, 2.05) is 11.0 Å². The Morgan fingerprint density at radius 3 is 2.66 bits per heavy atom. The van der Waals surface area contributed by atoms with Crippen LogP contribution in [0.4, 0.5) is 0 Å². The maximum Gasteiger partial charge on any atom is 0.222 e. The summed E-state index contributed by atoms with van der Waals surface area (Å²) in [5, 5.41) is 0. The summed E-state index contributed by atoms with van der Waals surface area (Å²) < 4.78 is 17.4. The van der Waals surface area contributed by atoms with Crippen LogP contribution in [0.15, 0.2) is 18.2 Å². The second-order valence-corrected chi connectivity index (χ2v) is 8.50. The quantitative estimate of drug-likeness (QED) is 0.758. The van der Waals surface area contributed by atoms with Gasteiger partial charge in [-0.05, 0) is 44.2 Å². The minimum atomic E-state index is -0.307. The average Bonchev–Trinajstić information content (AvgIpc) is 2.78. The summed E-state index contributed by atoms with van der Waals surface area (Å²) in [5.74, 6) is 1.19. The number of fused-ring (bicyclic) bond motifs is 2. The van der Waals surface area contributed by atoms with Gasteiger partial charge in [0.15, 0.2) is 0 Å². The van der Waals surface area contributed by atoms with Crippen molar-refractivity contribution in [3.8, 4) is 5.75 Å². The van der Waals surface area contributed by atoms with Crippen LogP contribution in [0, 0.1) is 0 Å². The summed E-state index contributed by atoms with van der Waals surface area (Å²) in [7, 11) is 1.73. The molecule has 0 saturated carbocycles. The lowest BCUT2D eigenvalue weighted by Gasteiger charge is -2.45. The van der Waals surface area contributed by atoms with Gasteiger partial charge in [-0.3, -0.25) is 9.69 Å². The third-order valence-corrected chi connectivity index (χ3v) is 6.91. The Morgan fingerprint density at radius 2 is 1.93 bits per heavy atom. The van der Waals surface area contributed by atoms with Crippen molar-refractivity contribution in [2.24, 2.45) is 0 Å². The number of nitrogens with zero attached hydrogens (tertiary/aromatic N) is 2. The molecule has 1 unspecified atom stereocenters. The monoisotopic (exact) mass is 402 g/mol. The van der Waals surface area contributed by atoms with Crippen LogP contribution in [0.3, 0.4) is 0 Å². The topological polar surface area (TPSA) is 51.2 Å². The molecule has 0 N–H and O–H groups in total. The van der Waals surface area contributed by atoms with Gasteiger partial charge in [0.05, 0.1) is 26.9 Å². The first-order chi connectivity index (χ1) is 14.1. The Labute approximate surface area is 174 Å². The fourth-order valence-electron chi connectivity index (χ4n) is 5.10. The maximum absolute atomic E-state index is 12.8. The normalized spacial score (nSPS) is 22.9. The SMILES string of the molecule is COc1cccc2c1C1(CCN(C(=O)CCC(C)N3CCOCC3)CC1)OCC2. The molecule has 1 aromatic carbocycles. The van der Waals surface area contributed by atoms with Gasteiger partial charge >= 0.3 is 0 Å². The Morgan fingerprint density at radius 1 is 1.17 bits per heavy atom. The summed E-state index contributed by atoms with van der Waals surface area (Å²) >= 11 is 0.